The van der Waals surface area contributed by atoms with Crippen LogP contribution in [0.2, 0.25) is 5.02 Å². The van der Waals surface area contributed by atoms with Gasteiger partial charge in [-0.15, -0.1) is 0 Å². The minimum atomic E-state index is -0.303. The monoisotopic (exact) mass is 483 g/mol. The van der Waals surface area contributed by atoms with Gasteiger partial charge in [-0.3, -0.25) is 9.69 Å². The van der Waals surface area contributed by atoms with Crippen molar-refractivity contribution in [2.75, 3.05) is 44.2 Å². The molecule has 5 rings (SSSR count). The average molecular weight is 484 g/mol. The van der Waals surface area contributed by atoms with E-state index in [1.54, 1.807) is 12.1 Å². The van der Waals surface area contributed by atoms with Gasteiger partial charge in [0.05, 0.1) is 12.5 Å². The molecular weight excluding hydrogens is 457 g/mol. The molecule has 0 N–H and O–H groups in total. The molecule has 178 valence electrons. The van der Waals surface area contributed by atoms with E-state index in [0.717, 1.165) is 43.2 Å². The van der Waals surface area contributed by atoms with Gasteiger partial charge in [0.15, 0.2) is 0 Å². The molecule has 2 saturated heterocycles. The Balaban J connectivity index is 1.15. The van der Waals surface area contributed by atoms with Crippen LogP contribution >= 0.6 is 11.6 Å². The summed E-state index contributed by atoms with van der Waals surface area (Å²) in [6.07, 6.45) is 1.85. The lowest BCUT2D eigenvalue weighted by atomic mass is 9.96. The average Bonchev–Trinajstić information content (AvgIpc) is 3.33. The maximum absolute atomic E-state index is 13.2. The van der Waals surface area contributed by atoms with Crippen molar-refractivity contribution in [2.45, 2.75) is 19.4 Å². The first kappa shape index (κ1) is 22.8. The summed E-state index contributed by atoms with van der Waals surface area (Å²) < 4.78 is 18.6. The van der Waals surface area contributed by atoms with E-state index in [9.17, 15) is 9.18 Å². The normalized spacial score (nSPS) is 19.4. The van der Waals surface area contributed by atoms with E-state index in [0.29, 0.717) is 43.5 Å². The third-order valence-electron chi connectivity index (χ3n) is 6.55. The molecule has 34 heavy (non-hydrogen) atoms. The van der Waals surface area contributed by atoms with E-state index in [1.165, 1.54) is 12.1 Å². The van der Waals surface area contributed by atoms with Crippen LogP contribution in [-0.4, -0.2) is 65.1 Å². The van der Waals surface area contributed by atoms with Crippen LogP contribution in [0.25, 0.3) is 11.4 Å². The number of piperidine rings is 1. The fraction of sp³-hybridized carbons (Fsp3) is 0.400. The summed E-state index contributed by atoms with van der Waals surface area (Å²) >= 11 is 6.13. The minimum Gasteiger partial charge on any atom is -0.368 e. The lowest BCUT2D eigenvalue weighted by molar-refractivity contribution is -0.137. The Kier molecular flexibility index (Phi) is 6.78. The fourth-order valence-electron chi connectivity index (χ4n) is 4.74. The molecule has 0 saturated carbocycles. The first-order chi connectivity index (χ1) is 16.5. The van der Waals surface area contributed by atoms with Crippen molar-refractivity contribution in [3.63, 3.8) is 0 Å². The van der Waals surface area contributed by atoms with E-state index >= 15 is 0 Å². The second-order valence-electron chi connectivity index (χ2n) is 8.89. The van der Waals surface area contributed by atoms with Crippen molar-refractivity contribution in [1.82, 2.24) is 19.9 Å². The van der Waals surface area contributed by atoms with Gasteiger partial charge in [0.2, 0.25) is 17.6 Å². The molecule has 3 aromatic rings. The molecule has 0 bridgehead atoms. The number of piperazine rings is 1. The number of benzene rings is 2. The molecule has 2 aliphatic rings. The van der Waals surface area contributed by atoms with E-state index in [2.05, 4.69) is 26.0 Å². The Bertz CT molecular complexity index is 1130. The highest BCUT2D eigenvalue weighted by atomic mass is 35.5. The highest BCUT2D eigenvalue weighted by molar-refractivity contribution is 6.30. The first-order valence-electron chi connectivity index (χ1n) is 11.7. The van der Waals surface area contributed by atoms with Gasteiger partial charge in [-0.1, -0.05) is 22.8 Å². The molecule has 1 unspecified atom stereocenters. The number of aromatic nitrogens is 2. The standard InChI is InChI=1S/C25H27ClFN5O2/c26-20-4-1-5-22(15-20)31-11-13-32(14-12-31)25(33)19-3-2-10-30(16-19)17-23-28-24(29-34-23)18-6-8-21(27)9-7-18/h1,4-9,15,19H,2-3,10-14,16-17H2. The molecule has 2 aliphatic heterocycles. The maximum Gasteiger partial charge on any atom is 0.241 e. The number of hydrogen-bond acceptors (Lipinski definition) is 6. The SMILES string of the molecule is O=C(C1CCCN(Cc2nc(-c3ccc(F)cc3)no2)C1)N1CCN(c2cccc(Cl)c2)CC1. The van der Waals surface area contributed by atoms with Crippen LogP contribution in [0, 0.1) is 11.7 Å². The zero-order valence-electron chi connectivity index (χ0n) is 18.9. The van der Waals surface area contributed by atoms with Crippen molar-refractivity contribution in [3.05, 3.63) is 65.3 Å². The molecular formula is C25H27ClFN5O2. The van der Waals surface area contributed by atoms with Gasteiger partial charge in [-0.2, -0.15) is 4.98 Å². The minimum absolute atomic E-state index is 0.0223. The molecule has 0 radical (unpaired) electrons. The van der Waals surface area contributed by atoms with Crippen LogP contribution in [0.5, 0.6) is 0 Å². The number of anilines is 1. The number of nitrogens with zero attached hydrogens (tertiary/aromatic N) is 5. The smallest absolute Gasteiger partial charge is 0.241 e. The number of hydrogen-bond donors (Lipinski definition) is 0. The topological polar surface area (TPSA) is 65.7 Å². The maximum atomic E-state index is 13.2. The second-order valence-corrected chi connectivity index (χ2v) is 9.32. The van der Waals surface area contributed by atoms with Crippen LogP contribution in [0.4, 0.5) is 10.1 Å². The van der Waals surface area contributed by atoms with Crippen molar-refractivity contribution in [2.24, 2.45) is 5.92 Å². The van der Waals surface area contributed by atoms with Crippen LogP contribution in [0.1, 0.15) is 18.7 Å². The van der Waals surface area contributed by atoms with Crippen LogP contribution in [0.3, 0.4) is 0 Å². The lowest BCUT2D eigenvalue weighted by Crippen LogP contribution is -2.52. The fourth-order valence-corrected chi connectivity index (χ4v) is 4.93. The third-order valence-corrected chi connectivity index (χ3v) is 6.78. The molecule has 1 aromatic heterocycles. The number of likely N-dealkylation sites (tertiary alicyclic amines) is 1. The van der Waals surface area contributed by atoms with E-state index in [4.69, 9.17) is 16.1 Å². The number of carbonyl (C=O) groups is 1. The first-order valence-corrected chi connectivity index (χ1v) is 12.0. The number of halogens is 2. The van der Waals surface area contributed by atoms with Gasteiger partial charge in [0.25, 0.3) is 0 Å². The van der Waals surface area contributed by atoms with E-state index in [-0.39, 0.29) is 17.6 Å². The van der Waals surface area contributed by atoms with E-state index in [1.807, 2.05) is 23.1 Å². The quantitative estimate of drug-likeness (QED) is 0.544. The van der Waals surface area contributed by atoms with Crippen LogP contribution in [-0.2, 0) is 11.3 Å². The molecule has 2 aromatic carbocycles. The number of carbonyl (C=O) groups excluding carboxylic acids is 1. The van der Waals surface area contributed by atoms with Crippen LogP contribution < -0.4 is 4.90 Å². The van der Waals surface area contributed by atoms with Crippen molar-refractivity contribution >= 4 is 23.2 Å². The zero-order valence-corrected chi connectivity index (χ0v) is 19.6. The summed E-state index contributed by atoms with van der Waals surface area (Å²) in [5.74, 6) is 0.848. The summed E-state index contributed by atoms with van der Waals surface area (Å²) in [4.78, 5) is 24.2. The third kappa shape index (κ3) is 5.23. The zero-order chi connectivity index (χ0) is 23.5. The largest absolute Gasteiger partial charge is 0.368 e. The highest BCUT2D eigenvalue weighted by Gasteiger charge is 2.31. The van der Waals surface area contributed by atoms with Gasteiger partial charge >= 0.3 is 0 Å². The van der Waals surface area contributed by atoms with Crippen molar-refractivity contribution in [1.29, 1.82) is 0 Å². The highest BCUT2D eigenvalue weighted by Crippen LogP contribution is 2.24. The number of amides is 1. The Morgan fingerprint density at radius 3 is 2.65 bits per heavy atom. The van der Waals surface area contributed by atoms with Gasteiger partial charge < -0.3 is 14.3 Å². The predicted molar refractivity (Wildman–Crippen MR) is 128 cm³/mol. The molecule has 1 amide bonds. The summed E-state index contributed by atoms with van der Waals surface area (Å²) in [5, 5.41) is 4.75. The summed E-state index contributed by atoms with van der Waals surface area (Å²) in [6.45, 7) is 5.11. The summed E-state index contributed by atoms with van der Waals surface area (Å²) in [5.41, 5.74) is 1.81. The second kappa shape index (κ2) is 10.1. The van der Waals surface area contributed by atoms with Gasteiger partial charge in [-0.25, -0.2) is 4.39 Å². The molecule has 0 aliphatic carbocycles. The summed E-state index contributed by atoms with van der Waals surface area (Å²) in [7, 11) is 0. The predicted octanol–water partition coefficient (Wildman–Crippen LogP) is 4.09. The van der Waals surface area contributed by atoms with Crippen LogP contribution in [0.15, 0.2) is 53.1 Å². The Hall–Kier alpha value is -2.97. The van der Waals surface area contributed by atoms with Gasteiger partial charge in [0.1, 0.15) is 5.82 Å². The summed E-state index contributed by atoms with van der Waals surface area (Å²) in [6, 6.07) is 13.9. The molecule has 2 fully saturated rings. The molecule has 3 heterocycles. The Labute approximate surface area is 203 Å². The number of rotatable bonds is 5. The molecule has 9 heteroatoms. The Morgan fingerprint density at radius 2 is 1.88 bits per heavy atom. The van der Waals surface area contributed by atoms with Gasteiger partial charge in [-0.05, 0) is 61.9 Å². The molecule has 7 nitrogen and oxygen atoms in total. The lowest BCUT2D eigenvalue weighted by Gasteiger charge is -2.39. The van der Waals surface area contributed by atoms with Crippen molar-refractivity contribution < 1.29 is 13.7 Å². The molecule has 0 spiro atoms. The van der Waals surface area contributed by atoms with E-state index < -0.39 is 0 Å². The van der Waals surface area contributed by atoms with Crippen molar-refractivity contribution in [3.8, 4) is 11.4 Å². The molecule has 1 atom stereocenters. The Morgan fingerprint density at radius 1 is 1.09 bits per heavy atom. The van der Waals surface area contributed by atoms with Gasteiger partial charge in [0, 0.05) is 49.0 Å².